The van der Waals surface area contributed by atoms with E-state index >= 15 is 0 Å². The zero-order chi connectivity index (χ0) is 49.2. The number of amides is 4. The Balaban J connectivity index is 1.33. The number of methoxy groups -OCH3 is 1. The van der Waals surface area contributed by atoms with Gasteiger partial charge in [0.1, 0.15) is 24.8 Å². The summed E-state index contributed by atoms with van der Waals surface area (Å²) in [6.45, 7) is 15.2. The van der Waals surface area contributed by atoms with Crippen LogP contribution in [0.3, 0.4) is 0 Å². The minimum Gasteiger partial charge on any atom is -0.464 e. The van der Waals surface area contributed by atoms with Crippen LogP contribution in [0.25, 0.3) is 33.3 Å². The first-order valence-corrected chi connectivity index (χ1v) is 23.6. The number of fused-ring (bicyclic) bond motifs is 6. The van der Waals surface area contributed by atoms with Gasteiger partial charge in [0, 0.05) is 74.7 Å². The molecule has 0 unspecified atom stereocenters. The van der Waals surface area contributed by atoms with Gasteiger partial charge in [-0.25, -0.2) is 9.82 Å². The van der Waals surface area contributed by atoms with Crippen molar-refractivity contribution in [3.63, 3.8) is 0 Å². The van der Waals surface area contributed by atoms with Crippen LogP contribution in [-0.2, 0) is 59.5 Å². The van der Waals surface area contributed by atoms with E-state index in [-0.39, 0.29) is 45.2 Å². The summed E-state index contributed by atoms with van der Waals surface area (Å²) in [6.07, 6.45) is 3.86. The van der Waals surface area contributed by atoms with E-state index in [2.05, 4.69) is 60.9 Å². The molecule has 0 aliphatic carbocycles. The van der Waals surface area contributed by atoms with E-state index in [1.807, 2.05) is 25.1 Å². The monoisotopic (exact) mass is 935 g/mol. The third-order valence-corrected chi connectivity index (χ3v) is 13.7. The number of aromatic nitrogens is 2. The number of β-amino-alcohol motifs (C(OH)–C–C–N with tert-alkyl or cyclic N) is 1. The van der Waals surface area contributed by atoms with Gasteiger partial charge in [0.2, 0.25) is 11.8 Å². The molecule has 4 amide bonds. The van der Waals surface area contributed by atoms with Crippen LogP contribution in [0.4, 0.5) is 4.39 Å². The number of likely N-dealkylation sites (N-methyl/N-ethyl adjacent to an activating group) is 1. The van der Waals surface area contributed by atoms with Crippen molar-refractivity contribution < 1.29 is 42.9 Å². The summed E-state index contributed by atoms with van der Waals surface area (Å²) in [6, 6.07) is 12.3. The van der Waals surface area contributed by atoms with Crippen LogP contribution < -0.4 is 10.7 Å². The molecule has 5 heterocycles. The van der Waals surface area contributed by atoms with Crippen molar-refractivity contribution in [3.8, 4) is 22.4 Å². The van der Waals surface area contributed by atoms with Crippen LogP contribution in [0.1, 0.15) is 89.3 Å². The number of nitrogens with one attached hydrogen (secondary N) is 2. The number of likely N-dealkylation sites (tertiary alicyclic amines) is 1. The molecule has 6 bridgehead atoms. The number of carbonyl (C=O) groups excluding carboxylic acids is 5. The van der Waals surface area contributed by atoms with Gasteiger partial charge >= 0.3 is 5.97 Å². The lowest BCUT2D eigenvalue weighted by Crippen LogP contribution is -2.63. The maximum atomic E-state index is 15.0. The van der Waals surface area contributed by atoms with Crippen LogP contribution >= 0.6 is 0 Å². The normalized spacial score (nSPS) is 21.8. The summed E-state index contributed by atoms with van der Waals surface area (Å²) in [4.78, 5) is 77.0. The zero-order valence-electron chi connectivity index (χ0n) is 40.6. The van der Waals surface area contributed by atoms with Gasteiger partial charge in [0.25, 0.3) is 11.8 Å². The van der Waals surface area contributed by atoms with Gasteiger partial charge in [0.15, 0.2) is 5.60 Å². The topological polar surface area (TPSA) is 176 Å². The molecule has 2 aromatic carbocycles. The number of aryl methyl sites for hydroxylation is 1. The van der Waals surface area contributed by atoms with Gasteiger partial charge in [-0.15, -0.1) is 0 Å². The van der Waals surface area contributed by atoms with Crippen molar-refractivity contribution in [2.45, 2.75) is 117 Å². The van der Waals surface area contributed by atoms with Gasteiger partial charge in [-0.1, -0.05) is 52.5 Å². The molecule has 16 heteroatoms. The van der Waals surface area contributed by atoms with E-state index in [4.69, 9.17) is 14.5 Å². The number of benzene rings is 2. The quantitative estimate of drug-likeness (QED) is 0.122. The minimum atomic E-state index is -1.94. The molecule has 364 valence electrons. The Morgan fingerprint density at radius 2 is 1.88 bits per heavy atom. The van der Waals surface area contributed by atoms with Gasteiger partial charge < -0.3 is 34.3 Å². The number of hydrogen-bond acceptors (Lipinski definition) is 10. The predicted molar refractivity (Wildman–Crippen MR) is 256 cm³/mol. The third kappa shape index (κ3) is 10.1. The number of halogens is 1. The average Bonchev–Trinajstić information content (AvgIpc) is 3.88. The number of esters is 1. The maximum Gasteiger partial charge on any atom is 0.324 e. The third-order valence-electron chi connectivity index (χ3n) is 13.7. The number of rotatable bonds is 11. The van der Waals surface area contributed by atoms with Crippen LogP contribution in [0, 0.1) is 11.3 Å². The molecule has 0 saturated carbocycles. The molecule has 4 aromatic rings. The number of cyclic esters (lactones) is 1. The molecule has 0 spiro atoms. The highest BCUT2D eigenvalue weighted by atomic mass is 19.1. The molecule has 3 aliphatic heterocycles. The van der Waals surface area contributed by atoms with Crippen molar-refractivity contribution >= 4 is 40.5 Å². The van der Waals surface area contributed by atoms with Crippen molar-refractivity contribution in [1.82, 2.24) is 35.1 Å². The number of hydrogen-bond donors (Lipinski definition) is 3. The van der Waals surface area contributed by atoms with Crippen LogP contribution in [0.5, 0.6) is 0 Å². The molecule has 2 saturated heterocycles. The predicted octanol–water partition coefficient (Wildman–Crippen LogP) is 5.85. The fourth-order valence-corrected chi connectivity index (χ4v) is 10.2. The van der Waals surface area contributed by atoms with Crippen molar-refractivity contribution in [3.05, 3.63) is 89.8 Å². The molecule has 0 radical (unpaired) electrons. The highest BCUT2D eigenvalue weighted by Gasteiger charge is 2.48. The van der Waals surface area contributed by atoms with Crippen LogP contribution in [0.2, 0.25) is 0 Å². The van der Waals surface area contributed by atoms with E-state index in [1.54, 1.807) is 39.3 Å². The molecular weight excluding hydrogens is 870 g/mol. The Morgan fingerprint density at radius 1 is 1.12 bits per heavy atom. The van der Waals surface area contributed by atoms with Crippen molar-refractivity contribution in [1.29, 1.82) is 0 Å². The van der Waals surface area contributed by atoms with Gasteiger partial charge in [0.05, 0.1) is 30.6 Å². The summed E-state index contributed by atoms with van der Waals surface area (Å²) in [7, 11) is 3.08. The first-order chi connectivity index (χ1) is 32.3. The van der Waals surface area contributed by atoms with E-state index in [9.17, 15) is 33.5 Å². The number of aliphatic hydroxyl groups is 1. The lowest BCUT2D eigenvalue weighted by atomic mass is 9.84. The average molecular weight is 936 g/mol. The van der Waals surface area contributed by atoms with Crippen molar-refractivity contribution in [2.24, 2.45) is 11.3 Å². The number of ether oxygens (including phenoxy) is 2. The number of hydrazine groups is 1. The highest BCUT2D eigenvalue weighted by molar-refractivity contribution is 5.97. The summed E-state index contributed by atoms with van der Waals surface area (Å²) < 4.78 is 29.1. The minimum absolute atomic E-state index is 0.0305. The second-order valence-corrected chi connectivity index (χ2v) is 19.7. The van der Waals surface area contributed by atoms with E-state index in [0.29, 0.717) is 42.5 Å². The van der Waals surface area contributed by atoms with E-state index in [1.165, 1.54) is 21.9 Å². The smallest absolute Gasteiger partial charge is 0.324 e. The molecule has 2 aromatic heterocycles. The number of alkyl halides is 1. The fourth-order valence-electron chi connectivity index (χ4n) is 10.2. The summed E-state index contributed by atoms with van der Waals surface area (Å²) in [5, 5.41) is 16.7. The molecule has 2 fully saturated rings. The molecule has 3 aliphatic rings. The Kier molecular flexibility index (Phi) is 14.9. The second kappa shape index (κ2) is 20.3. The molecular formula is C52H66FN7O8. The van der Waals surface area contributed by atoms with Gasteiger partial charge in [-0.2, -0.15) is 0 Å². The molecule has 5 atom stereocenters. The Bertz CT molecular complexity index is 2590. The van der Waals surface area contributed by atoms with Crippen molar-refractivity contribution in [2.75, 3.05) is 40.4 Å². The lowest BCUT2D eigenvalue weighted by molar-refractivity contribution is -0.156. The molecule has 3 N–H and O–H groups in total. The maximum absolute atomic E-state index is 15.0. The van der Waals surface area contributed by atoms with Crippen LogP contribution in [-0.4, -0.2) is 123 Å². The summed E-state index contributed by atoms with van der Waals surface area (Å²) in [5.41, 5.74) is 7.76. The number of nitrogens with zero attached hydrogens (tertiary/aromatic N) is 5. The molecule has 7 rings (SSSR count). The SMILES string of the molecule is C=CC(=O)N1CC[C@](O)(C(=O)N(C)[C@H](C(=O)N[C@H]2Cc3cc(CF)cc(c3)-c3ccc4c(c3)c(c(-c3cccnc3[C@H](C)OC)n4CC)CC(C)(C)COC(=O)[C@@H]3CCCN(N3)C2=O)C(C)C)C1. The molecule has 68 heavy (non-hydrogen) atoms. The van der Waals surface area contributed by atoms with Crippen LogP contribution in [0.15, 0.2) is 67.4 Å². The lowest BCUT2D eigenvalue weighted by Gasteiger charge is -2.37. The van der Waals surface area contributed by atoms with E-state index in [0.717, 1.165) is 45.1 Å². The number of pyridine rings is 1. The van der Waals surface area contributed by atoms with E-state index < -0.39 is 71.3 Å². The van der Waals surface area contributed by atoms with Gasteiger partial charge in [-0.05, 0) is 103 Å². The number of carbonyl (C=O) groups is 5. The highest BCUT2D eigenvalue weighted by Crippen LogP contribution is 2.42. The van der Waals surface area contributed by atoms with Gasteiger partial charge in [-0.3, -0.25) is 34.0 Å². The Hall–Kier alpha value is -5.97. The Morgan fingerprint density at radius 3 is 2.57 bits per heavy atom. The summed E-state index contributed by atoms with van der Waals surface area (Å²) in [5.74, 6) is -3.35. The zero-order valence-corrected chi connectivity index (χ0v) is 40.6. The largest absolute Gasteiger partial charge is 0.464 e. The standard InChI is InChI=1S/C52H66FN7O8/c1-10-43(61)58-21-18-52(66,29-58)50(65)57(8)45(31(3)4)47(62)55-41-25-33-22-34(28-53)24-36(23-33)35-16-17-42-38(26-35)39(46(59(42)11-2)37-14-12-19-54-44(37)32(5)67-9)27-51(6,7)30-68-49(64)40-15-13-20-60(56-40)48(41)63/h10,12,14,16-17,19,22-24,26,31-32,40-41,45,56,66H,1,11,13,15,18,20-21,25,27-30H2,2-9H3,(H,55,62)/t32-,40-,41-,45-,52+/m0/s1. The first kappa shape index (κ1) is 49.9. The first-order valence-electron chi connectivity index (χ1n) is 23.6. The summed E-state index contributed by atoms with van der Waals surface area (Å²) >= 11 is 0. The second-order valence-electron chi connectivity index (χ2n) is 19.7. The molecule has 15 nitrogen and oxygen atoms in total. The fraction of sp³-hybridized carbons (Fsp3) is 0.500. The Labute approximate surface area is 398 Å².